The lowest BCUT2D eigenvalue weighted by Gasteiger charge is -2.53. The third-order valence-corrected chi connectivity index (χ3v) is 10.9. The summed E-state index contributed by atoms with van der Waals surface area (Å²) >= 11 is 0. The highest BCUT2D eigenvalue weighted by Gasteiger charge is 2.49. The van der Waals surface area contributed by atoms with E-state index in [4.69, 9.17) is 13.6 Å². The molecule has 1 aromatic heterocycles. The van der Waals surface area contributed by atoms with Gasteiger partial charge in [-0.1, -0.05) is 81.4 Å². The SMILES string of the molecule is CC(C)(C)C1CN(c2nc(C(=O)N[C@@H]3CCN(C(=O)OCc4ccc([N+](=O)[O-])cc4)C3)co2)C1O[Si](c1ccccc1)c1ccccc1. The van der Waals surface area contributed by atoms with E-state index in [1.165, 1.54) is 23.3 Å². The fourth-order valence-corrected chi connectivity index (χ4v) is 8.00. The number of non-ortho nitro benzene ring substituents is 1. The molecule has 2 aliphatic heterocycles. The average molecular weight is 669 g/mol. The van der Waals surface area contributed by atoms with Gasteiger partial charge in [-0.15, -0.1) is 0 Å². The molecule has 3 heterocycles. The van der Waals surface area contributed by atoms with Crippen LogP contribution in [0.4, 0.5) is 16.5 Å². The Morgan fingerprint density at radius 2 is 1.65 bits per heavy atom. The topological polar surface area (TPSA) is 140 Å². The molecule has 0 spiro atoms. The number of likely N-dealkylation sites (tertiary alicyclic amines) is 1. The lowest BCUT2D eigenvalue weighted by atomic mass is 9.74. The Morgan fingerprint density at radius 1 is 1.00 bits per heavy atom. The molecule has 0 bridgehead atoms. The van der Waals surface area contributed by atoms with Crippen LogP contribution in [-0.2, 0) is 15.8 Å². The van der Waals surface area contributed by atoms with Gasteiger partial charge in [0.05, 0.1) is 4.92 Å². The first-order valence-corrected chi connectivity index (χ1v) is 17.3. The molecule has 0 aliphatic carbocycles. The van der Waals surface area contributed by atoms with Gasteiger partial charge >= 0.3 is 6.09 Å². The van der Waals surface area contributed by atoms with Crippen LogP contribution in [0.1, 0.15) is 43.2 Å². The van der Waals surface area contributed by atoms with Gasteiger partial charge in [-0.3, -0.25) is 14.9 Å². The van der Waals surface area contributed by atoms with Crippen molar-refractivity contribution in [2.45, 2.75) is 46.1 Å². The van der Waals surface area contributed by atoms with E-state index in [1.54, 1.807) is 12.1 Å². The number of nitro groups is 1. The summed E-state index contributed by atoms with van der Waals surface area (Å²) in [7, 11) is -1.61. The van der Waals surface area contributed by atoms with Gasteiger partial charge < -0.3 is 28.7 Å². The van der Waals surface area contributed by atoms with Crippen LogP contribution in [0, 0.1) is 21.4 Å². The molecule has 6 rings (SSSR count). The number of oxazole rings is 1. The minimum absolute atomic E-state index is 0.0113. The Labute approximate surface area is 280 Å². The van der Waals surface area contributed by atoms with E-state index in [-0.39, 0.29) is 54.0 Å². The van der Waals surface area contributed by atoms with E-state index in [1.807, 2.05) is 41.3 Å². The van der Waals surface area contributed by atoms with Gasteiger partial charge in [-0.2, -0.15) is 4.98 Å². The highest BCUT2D eigenvalue weighted by atomic mass is 28.3. The van der Waals surface area contributed by atoms with Crippen molar-refractivity contribution in [3.8, 4) is 0 Å². The second kappa shape index (κ2) is 14.0. The van der Waals surface area contributed by atoms with Crippen molar-refractivity contribution >= 4 is 43.1 Å². The molecule has 2 saturated heterocycles. The Balaban J connectivity index is 1.07. The van der Waals surface area contributed by atoms with Crippen LogP contribution < -0.4 is 20.6 Å². The predicted molar refractivity (Wildman–Crippen MR) is 180 cm³/mol. The van der Waals surface area contributed by atoms with Crippen molar-refractivity contribution < 1.29 is 28.1 Å². The Morgan fingerprint density at radius 3 is 2.25 bits per heavy atom. The molecule has 48 heavy (non-hydrogen) atoms. The summed E-state index contributed by atoms with van der Waals surface area (Å²) in [6, 6.07) is 26.4. The quantitative estimate of drug-likeness (QED) is 0.148. The molecule has 2 aliphatic rings. The number of nitrogens with zero attached hydrogens (tertiary/aromatic N) is 4. The molecule has 2 amide bonds. The van der Waals surface area contributed by atoms with Crippen molar-refractivity contribution in [2.24, 2.45) is 11.3 Å². The van der Waals surface area contributed by atoms with Crippen LogP contribution in [0.2, 0.25) is 0 Å². The van der Waals surface area contributed by atoms with Gasteiger partial charge in [-0.25, -0.2) is 4.79 Å². The maximum absolute atomic E-state index is 13.2. The number of carbonyl (C=O) groups is 2. The van der Waals surface area contributed by atoms with Crippen molar-refractivity contribution in [1.82, 2.24) is 15.2 Å². The molecule has 1 N–H and O–H groups in total. The molecule has 3 aromatic carbocycles. The molecule has 2 fully saturated rings. The molecule has 4 aromatic rings. The molecule has 13 heteroatoms. The van der Waals surface area contributed by atoms with Crippen LogP contribution in [0.5, 0.6) is 0 Å². The number of ether oxygens (including phenoxy) is 1. The smallest absolute Gasteiger partial charge is 0.410 e. The summed E-state index contributed by atoms with van der Waals surface area (Å²) < 4.78 is 18.2. The van der Waals surface area contributed by atoms with Crippen molar-refractivity contribution in [1.29, 1.82) is 0 Å². The van der Waals surface area contributed by atoms with E-state index in [0.29, 0.717) is 31.1 Å². The highest BCUT2D eigenvalue weighted by molar-refractivity contribution is 6.80. The Bertz CT molecular complexity index is 1690. The molecular formula is C35H38N5O7Si. The first-order chi connectivity index (χ1) is 23.1. The van der Waals surface area contributed by atoms with Crippen LogP contribution in [0.3, 0.4) is 0 Å². The molecule has 0 saturated carbocycles. The van der Waals surface area contributed by atoms with E-state index in [9.17, 15) is 19.7 Å². The molecule has 2 unspecified atom stereocenters. The maximum atomic E-state index is 13.2. The van der Waals surface area contributed by atoms with Crippen molar-refractivity contribution in [3.63, 3.8) is 0 Å². The first-order valence-electron chi connectivity index (χ1n) is 15.9. The zero-order valence-electron chi connectivity index (χ0n) is 27.1. The van der Waals surface area contributed by atoms with Crippen molar-refractivity contribution in [2.75, 3.05) is 24.5 Å². The van der Waals surface area contributed by atoms with E-state index in [0.717, 1.165) is 10.4 Å². The fraction of sp³-hybridized carbons (Fsp3) is 0.343. The number of anilines is 1. The fourth-order valence-electron chi connectivity index (χ4n) is 5.88. The van der Waals surface area contributed by atoms with Crippen LogP contribution >= 0.6 is 0 Å². The summed E-state index contributed by atoms with van der Waals surface area (Å²) in [6.07, 6.45) is 1.10. The minimum Gasteiger partial charge on any atom is -0.445 e. The number of hydrogen-bond donors (Lipinski definition) is 1. The zero-order chi connectivity index (χ0) is 33.8. The molecular weight excluding hydrogens is 630 g/mol. The van der Waals surface area contributed by atoms with Gasteiger partial charge in [0.15, 0.2) is 5.69 Å². The molecule has 1 radical (unpaired) electrons. The largest absolute Gasteiger partial charge is 0.445 e. The number of aromatic nitrogens is 1. The maximum Gasteiger partial charge on any atom is 0.410 e. The molecule has 12 nitrogen and oxygen atoms in total. The van der Waals surface area contributed by atoms with E-state index in [2.05, 4.69) is 55.3 Å². The summed E-state index contributed by atoms with van der Waals surface area (Å²) in [4.78, 5) is 44.3. The Hall–Kier alpha value is -5.01. The number of rotatable bonds is 10. The lowest BCUT2D eigenvalue weighted by Crippen LogP contribution is -2.65. The summed E-state index contributed by atoms with van der Waals surface area (Å²) in [5.41, 5.74) is 0.723. The van der Waals surface area contributed by atoms with Crippen molar-refractivity contribution in [3.05, 3.63) is 113 Å². The van der Waals surface area contributed by atoms with Crippen LogP contribution in [0.25, 0.3) is 0 Å². The van der Waals surface area contributed by atoms with Gasteiger partial charge in [0.25, 0.3) is 26.6 Å². The first kappa shape index (κ1) is 32.9. The second-order valence-corrected chi connectivity index (χ2v) is 15.1. The molecule has 249 valence electrons. The standard InChI is InChI=1S/C35H38N5O7Si/c1-35(2,3)29-21-39(32(29)47-48(27-10-6-4-7-11-27)28-12-8-5-9-13-28)33-37-30(23-45-33)31(41)36-25-18-19-38(20-25)34(42)46-22-24-14-16-26(17-15-24)40(43)44/h4-17,23,25,29,32H,18-22H2,1-3H3,(H,36,41)/t25-,29?,32?/m1/s1. The summed E-state index contributed by atoms with van der Waals surface area (Å²) in [6.45, 7) is 7.97. The van der Waals surface area contributed by atoms with E-state index < -0.39 is 20.1 Å². The lowest BCUT2D eigenvalue weighted by molar-refractivity contribution is -0.384. The number of carbonyl (C=O) groups excluding carboxylic acids is 2. The Kier molecular flexibility index (Phi) is 9.60. The zero-order valence-corrected chi connectivity index (χ0v) is 28.1. The van der Waals surface area contributed by atoms with Crippen LogP contribution in [0.15, 0.2) is 95.6 Å². The summed E-state index contributed by atoms with van der Waals surface area (Å²) in [5.74, 6) is -0.182. The van der Waals surface area contributed by atoms with Gasteiger partial charge in [0.2, 0.25) is 0 Å². The normalized spacial score (nSPS) is 19.2. The van der Waals surface area contributed by atoms with E-state index >= 15 is 0 Å². The minimum atomic E-state index is -1.61. The number of hydrogen-bond acceptors (Lipinski definition) is 9. The van der Waals surface area contributed by atoms with Gasteiger partial charge in [0.1, 0.15) is 19.1 Å². The predicted octanol–water partition coefficient (Wildman–Crippen LogP) is 4.35. The molecule has 3 atom stereocenters. The third kappa shape index (κ3) is 7.42. The monoisotopic (exact) mass is 668 g/mol. The van der Waals surface area contributed by atoms with Gasteiger partial charge in [0, 0.05) is 43.7 Å². The number of nitro benzene ring substituents is 1. The van der Waals surface area contributed by atoms with Crippen LogP contribution in [-0.4, -0.2) is 67.8 Å². The van der Waals surface area contributed by atoms with Gasteiger partial charge in [-0.05, 0) is 39.9 Å². The second-order valence-electron chi connectivity index (χ2n) is 13.1. The third-order valence-electron chi connectivity index (χ3n) is 8.73. The number of nitrogens with one attached hydrogen (secondary N) is 1. The number of amides is 2. The highest BCUT2D eigenvalue weighted by Crippen LogP contribution is 2.42. The number of benzene rings is 3. The summed E-state index contributed by atoms with van der Waals surface area (Å²) in [5, 5.41) is 16.1. The average Bonchev–Trinajstić information content (AvgIpc) is 3.74.